The highest BCUT2D eigenvalue weighted by molar-refractivity contribution is 14.1. The third-order valence-electron chi connectivity index (χ3n) is 7.93. The van der Waals surface area contributed by atoms with Crippen molar-refractivity contribution in [2.45, 2.75) is 129 Å². The highest BCUT2D eigenvalue weighted by Crippen LogP contribution is 2.39. The van der Waals surface area contributed by atoms with Crippen LogP contribution in [0.25, 0.3) is 10.4 Å². The van der Waals surface area contributed by atoms with Gasteiger partial charge >= 0.3 is 17.9 Å². The standard InChI is InChI=1S/C34H47Cl3IN3O12/c1-7-9-16-46-18-20-23(52-32(44)34(35,36)37)26(47-17-10-8-2)22(40-41-39)30(48-20)50-24-21(38)25(49-28(42)19-14-12-11-13-15-19)31(53-33(3,4)5)51-27(24)29(43)45-6/h11-15,20-27,30-31H,7-10,16-18H2,1-6H3/t20?,21?,22-,23+,24-,25?,26?,27+,30+,31-/m0/s1. The number of alkyl halides is 4. The lowest BCUT2D eigenvalue weighted by atomic mass is 9.96. The van der Waals surface area contributed by atoms with E-state index in [1.54, 1.807) is 51.1 Å². The van der Waals surface area contributed by atoms with Gasteiger partial charge in [0.15, 0.2) is 30.9 Å². The predicted octanol–water partition coefficient (Wildman–Crippen LogP) is 6.80. The topological polar surface area (TPSA) is 183 Å². The average Bonchev–Trinajstić information content (AvgIpc) is 3.10. The summed E-state index contributed by atoms with van der Waals surface area (Å²) in [5.41, 5.74) is 9.20. The molecule has 15 nitrogen and oxygen atoms in total. The van der Waals surface area contributed by atoms with E-state index in [0.717, 1.165) is 19.3 Å². The van der Waals surface area contributed by atoms with E-state index in [0.29, 0.717) is 13.0 Å². The fourth-order valence-corrected chi connectivity index (χ4v) is 6.56. The van der Waals surface area contributed by atoms with Gasteiger partial charge in [-0.1, -0.05) is 107 Å². The summed E-state index contributed by atoms with van der Waals surface area (Å²) in [6.07, 6.45) is -7.28. The van der Waals surface area contributed by atoms with E-state index in [2.05, 4.69) is 10.0 Å². The van der Waals surface area contributed by atoms with Crippen LogP contribution in [-0.2, 0) is 52.2 Å². The van der Waals surface area contributed by atoms with Crippen LogP contribution in [0.1, 0.15) is 70.7 Å². The molecule has 0 radical (unpaired) electrons. The number of nitrogens with zero attached hydrogens (tertiary/aromatic N) is 3. The molecule has 2 aliphatic heterocycles. The Morgan fingerprint density at radius 2 is 1.58 bits per heavy atom. The normalized spacial score (nSPS) is 29.1. The van der Waals surface area contributed by atoms with E-state index in [1.807, 2.05) is 36.4 Å². The SMILES string of the molecule is CCCCOCC1O[C@H](O[C@H]2C(I)C(OC(=O)c3ccccc3)[C@H](OC(C)(C)C)O[C@H]2C(=O)OC)[C@@H](N=[N+]=[N-])C(OCCCC)[C@@H]1OC(=O)C(Cl)(Cl)Cl. The summed E-state index contributed by atoms with van der Waals surface area (Å²) in [5, 5.41) is 3.95. The molecule has 4 unspecified atom stereocenters. The second-order valence-corrected chi connectivity index (χ2v) is 16.9. The average molecular weight is 923 g/mol. The lowest BCUT2D eigenvalue weighted by Crippen LogP contribution is -2.65. The van der Waals surface area contributed by atoms with Crippen LogP contribution in [0.2, 0.25) is 0 Å². The van der Waals surface area contributed by atoms with E-state index in [4.69, 9.17) is 77.4 Å². The van der Waals surface area contributed by atoms with Crippen molar-refractivity contribution in [3.05, 3.63) is 46.3 Å². The summed E-state index contributed by atoms with van der Waals surface area (Å²) < 4.78 is 50.8. The van der Waals surface area contributed by atoms with Crippen LogP contribution >= 0.6 is 57.4 Å². The highest BCUT2D eigenvalue weighted by Gasteiger charge is 2.56. The minimum atomic E-state index is -2.46. The van der Waals surface area contributed by atoms with Crippen LogP contribution < -0.4 is 0 Å². The maximum atomic E-state index is 13.4. The minimum Gasteiger partial charge on any atom is -0.467 e. The second kappa shape index (κ2) is 21.6. The van der Waals surface area contributed by atoms with Gasteiger partial charge in [0.1, 0.15) is 24.4 Å². The van der Waals surface area contributed by atoms with Gasteiger partial charge < -0.3 is 42.6 Å². The molecule has 1 aromatic carbocycles. The van der Waals surface area contributed by atoms with E-state index >= 15 is 0 Å². The summed E-state index contributed by atoms with van der Waals surface area (Å²) in [5.74, 6) is -2.72. The summed E-state index contributed by atoms with van der Waals surface area (Å²) in [4.78, 5) is 42.7. The molecule has 2 aliphatic rings. The molecular formula is C34H47Cl3IN3O12. The minimum absolute atomic E-state index is 0.137. The number of benzene rings is 1. The summed E-state index contributed by atoms with van der Waals surface area (Å²) in [6, 6.07) is 6.97. The zero-order valence-corrected chi connectivity index (χ0v) is 34.8. The Balaban J connectivity index is 2.09. The Bertz CT molecular complexity index is 1380. The van der Waals surface area contributed by atoms with Crippen LogP contribution in [0.15, 0.2) is 35.4 Å². The van der Waals surface area contributed by atoms with Crippen molar-refractivity contribution in [1.29, 1.82) is 0 Å². The molecule has 0 amide bonds. The van der Waals surface area contributed by atoms with E-state index in [-0.39, 0.29) is 18.8 Å². The fourth-order valence-electron chi connectivity index (χ4n) is 5.39. The maximum absolute atomic E-state index is 13.4. The molecular weight excluding hydrogens is 876 g/mol. The van der Waals surface area contributed by atoms with Crippen LogP contribution in [-0.4, -0.2) is 113 Å². The Kier molecular flexibility index (Phi) is 18.6. The first-order valence-corrected chi connectivity index (χ1v) is 19.6. The molecule has 19 heteroatoms. The van der Waals surface area contributed by atoms with Gasteiger partial charge in [0, 0.05) is 18.1 Å². The number of rotatable bonds is 17. The van der Waals surface area contributed by atoms with Gasteiger partial charge in [0.25, 0.3) is 3.79 Å². The molecule has 53 heavy (non-hydrogen) atoms. The number of methoxy groups -OCH3 is 1. The number of carbonyl (C=O) groups is 3. The third-order valence-corrected chi connectivity index (χ3v) is 9.81. The zero-order valence-electron chi connectivity index (χ0n) is 30.4. The fraction of sp³-hybridized carbons (Fsp3) is 0.735. The molecule has 3 rings (SSSR count). The second-order valence-electron chi connectivity index (χ2n) is 13.2. The van der Waals surface area contributed by atoms with Crippen LogP contribution in [0.5, 0.6) is 0 Å². The van der Waals surface area contributed by atoms with Crippen LogP contribution in [0.4, 0.5) is 0 Å². The van der Waals surface area contributed by atoms with Gasteiger partial charge in [0.05, 0.1) is 28.8 Å². The number of esters is 3. The number of unbranched alkanes of at least 4 members (excludes halogenated alkanes) is 2. The van der Waals surface area contributed by atoms with Crippen molar-refractivity contribution >= 4 is 75.3 Å². The number of ether oxygens (including phenoxy) is 9. The van der Waals surface area contributed by atoms with Gasteiger partial charge in [-0.3, -0.25) is 0 Å². The van der Waals surface area contributed by atoms with Gasteiger partial charge in [-0.2, -0.15) is 0 Å². The molecule has 2 saturated heterocycles. The van der Waals surface area contributed by atoms with Crippen LogP contribution in [0.3, 0.4) is 0 Å². The molecule has 0 bridgehead atoms. The lowest BCUT2D eigenvalue weighted by Gasteiger charge is -2.48. The molecule has 0 aromatic heterocycles. The largest absolute Gasteiger partial charge is 0.467 e. The Morgan fingerprint density at radius 3 is 2.17 bits per heavy atom. The van der Waals surface area contributed by atoms with Crippen molar-refractivity contribution in [2.75, 3.05) is 26.9 Å². The lowest BCUT2D eigenvalue weighted by molar-refractivity contribution is -0.326. The first-order chi connectivity index (χ1) is 25.1. The number of hydrogen-bond donors (Lipinski definition) is 0. The van der Waals surface area contributed by atoms with Crippen LogP contribution in [0, 0.1) is 0 Å². The van der Waals surface area contributed by atoms with E-state index < -0.39 is 86.5 Å². The molecule has 0 spiro atoms. The van der Waals surface area contributed by atoms with Crippen molar-refractivity contribution < 1.29 is 57.0 Å². The molecule has 1 aromatic rings. The first-order valence-electron chi connectivity index (χ1n) is 17.2. The molecule has 298 valence electrons. The Labute approximate surface area is 337 Å². The van der Waals surface area contributed by atoms with Crippen molar-refractivity contribution in [2.24, 2.45) is 5.11 Å². The monoisotopic (exact) mass is 921 g/mol. The summed E-state index contributed by atoms with van der Waals surface area (Å²) in [6.45, 7) is 9.63. The zero-order chi connectivity index (χ0) is 39.3. The molecule has 0 N–H and O–H groups in total. The first kappa shape index (κ1) is 45.7. The molecule has 10 atom stereocenters. The molecule has 0 aliphatic carbocycles. The number of halogens is 4. The van der Waals surface area contributed by atoms with E-state index in [1.165, 1.54) is 7.11 Å². The van der Waals surface area contributed by atoms with Gasteiger partial charge in [-0.15, -0.1) is 0 Å². The van der Waals surface area contributed by atoms with Gasteiger partial charge in [0.2, 0.25) is 0 Å². The summed E-state index contributed by atoms with van der Waals surface area (Å²) >= 11 is 19.6. The maximum Gasteiger partial charge on any atom is 0.359 e. The molecule has 0 saturated carbocycles. The van der Waals surface area contributed by atoms with Crippen molar-refractivity contribution in [3.63, 3.8) is 0 Å². The van der Waals surface area contributed by atoms with Crippen molar-refractivity contribution in [3.8, 4) is 0 Å². The number of hydrogen-bond acceptors (Lipinski definition) is 13. The quantitative estimate of drug-likeness (QED) is 0.0233. The summed E-state index contributed by atoms with van der Waals surface area (Å²) in [7, 11) is 1.18. The third kappa shape index (κ3) is 13.5. The van der Waals surface area contributed by atoms with Gasteiger partial charge in [-0.25, -0.2) is 14.4 Å². The van der Waals surface area contributed by atoms with Crippen molar-refractivity contribution in [1.82, 2.24) is 0 Å². The smallest absolute Gasteiger partial charge is 0.359 e. The Hall–Kier alpha value is -1.70. The molecule has 2 heterocycles. The number of azide groups is 1. The van der Waals surface area contributed by atoms with E-state index in [9.17, 15) is 19.9 Å². The number of carbonyl (C=O) groups excluding carboxylic acids is 3. The Morgan fingerprint density at radius 1 is 0.925 bits per heavy atom. The molecule has 2 fully saturated rings. The highest BCUT2D eigenvalue weighted by atomic mass is 127. The predicted molar refractivity (Wildman–Crippen MR) is 202 cm³/mol. The van der Waals surface area contributed by atoms with Gasteiger partial charge in [-0.05, 0) is 51.3 Å².